The molecular weight excluding hydrogens is 370 g/mol. The van der Waals surface area contributed by atoms with E-state index >= 15 is 0 Å². The van der Waals surface area contributed by atoms with Crippen molar-refractivity contribution in [3.8, 4) is 12.3 Å². The third-order valence-corrected chi connectivity index (χ3v) is 5.95. The summed E-state index contributed by atoms with van der Waals surface area (Å²) < 4.78 is 0. The SMILES string of the molecule is C#CCCC1(CCNC(=O)CN2C(=O)c3ccccc3N3C(=O)CCC23C)N=N1. The van der Waals surface area contributed by atoms with E-state index in [4.69, 9.17) is 6.42 Å². The number of hydrogen-bond donors (Lipinski definition) is 1. The van der Waals surface area contributed by atoms with Gasteiger partial charge in [0.25, 0.3) is 5.91 Å². The number of benzene rings is 1. The van der Waals surface area contributed by atoms with Crippen LogP contribution in [0.2, 0.25) is 0 Å². The van der Waals surface area contributed by atoms with E-state index in [0.29, 0.717) is 49.9 Å². The molecule has 0 bridgehead atoms. The molecular formula is C21H23N5O3. The van der Waals surface area contributed by atoms with Gasteiger partial charge >= 0.3 is 0 Å². The second-order valence-corrected chi connectivity index (χ2v) is 7.84. The molecule has 1 fully saturated rings. The summed E-state index contributed by atoms with van der Waals surface area (Å²) in [6.45, 7) is 2.13. The van der Waals surface area contributed by atoms with Crippen LogP contribution in [0.3, 0.4) is 0 Å². The molecule has 3 heterocycles. The Morgan fingerprint density at radius 2 is 2.03 bits per heavy atom. The highest BCUT2D eigenvalue weighted by molar-refractivity contribution is 6.11. The maximum atomic E-state index is 13.1. The molecule has 1 unspecified atom stereocenters. The minimum Gasteiger partial charge on any atom is -0.354 e. The Morgan fingerprint density at radius 1 is 1.28 bits per heavy atom. The first-order valence-corrected chi connectivity index (χ1v) is 9.78. The smallest absolute Gasteiger partial charge is 0.258 e. The summed E-state index contributed by atoms with van der Waals surface area (Å²) in [4.78, 5) is 41.4. The number of amides is 3. The molecule has 0 aliphatic carbocycles. The van der Waals surface area contributed by atoms with Crippen LogP contribution in [0.25, 0.3) is 0 Å². The molecule has 1 atom stereocenters. The molecule has 1 saturated heterocycles. The number of nitrogens with zero attached hydrogens (tertiary/aromatic N) is 4. The summed E-state index contributed by atoms with van der Waals surface area (Å²) in [5.74, 6) is 2.03. The highest BCUT2D eigenvalue weighted by Gasteiger charge is 2.53. The van der Waals surface area contributed by atoms with E-state index in [2.05, 4.69) is 21.5 Å². The van der Waals surface area contributed by atoms with E-state index in [1.165, 1.54) is 4.90 Å². The highest BCUT2D eigenvalue weighted by atomic mass is 16.2. The minimum atomic E-state index is -0.838. The zero-order valence-corrected chi connectivity index (χ0v) is 16.4. The number of fused-ring (bicyclic) bond motifs is 3. The maximum absolute atomic E-state index is 13.1. The molecule has 1 aromatic carbocycles. The molecule has 0 saturated carbocycles. The van der Waals surface area contributed by atoms with Crippen LogP contribution in [0.15, 0.2) is 34.5 Å². The van der Waals surface area contributed by atoms with Gasteiger partial charge in [0.15, 0.2) is 5.66 Å². The zero-order valence-electron chi connectivity index (χ0n) is 16.4. The van der Waals surface area contributed by atoms with Gasteiger partial charge in [-0.15, -0.1) is 12.3 Å². The Balaban J connectivity index is 1.44. The Hall–Kier alpha value is -3.21. The Morgan fingerprint density at radius 3 is 2.76 bits per heavy atom. The Labute approximate surface area is 169 Å². The first kappa shape index (κ1) is 19.1. The van der Waals surface area contributed by atoms with Crippen LogP contribution >= 0.6 is 0 Å². The molecule has 4 rings (SSSR count). The molecule has 1 aromatic rings. The van der Waals surface area contributed by atoms with E-state index in [9.17, 15) is 14.4 Å². The first-order valence-electron chi connectivity index (χ1n) is 9.78. The summed E-state index contributed by atoms with van der Waals surface area (Å²) >= 11 is 0. The van der Waals surface area contributed by atoms with Crippen LogP contribution in [0.5, 0.6) is 0 Å². The standard InChI is InChI=1S/C21H23N5O3/c1-3-4-10-21(23-24-21)12-13-22-17(27)14-25-19(29)15-7-5-6-8-16(15)26-18(28)9-11-20(25,26)2/h1,5-8H,4,9-14H2,2H3,(H,22,27). The largest absolute Gasteiger partial charge is 0.354 e. The molecule has 1 N–H and O–H groups in total. The minimum absolute atomic E-state index is 0.0368. The molecule has 3 aliphatic rings. The molecule has 3 aliphatic heterocycles. The average molecular weight is 393 g/mol. The van der Waals surface area contributed by atoms with Crippen LogP contribution in [0.1, 0.15) is 49.4 Å². The van der Waals surface area contributed by atoms with Crippen molar-refractivity contribution in [1.29, 1.82) is 0 Å². The van der Waals surface area contributed by atoms with Crippen LogP contribution in [0, 0.1) is 12.3 Å². The van der Waals surface area contributed by atoms with E-state index in [0.717, 1.165) is 0 Å². The summed E-state index contributed by atoms with van der Waals surface area (Å²) in [5, 5.41) is 11.0. The number of anilines is 1. The lowest BCUT2D eigenvalue weighted by Crippen LogP contribution is -2.63. The van der Waals surface area contributed by atoms with Gasteiger partial charge in [0.05, 0.1) is 11.3 Å². The fourth-order valence-electron chi connectivity index (χ4n) is 4.21. The van der Waals surface area contributed by atoms with Crippen molar-refractivity contribution in [3.05, 3.63) is 29.8 Å². The van der Waals surface area contributed by atoms with E-state index in [-0.39, 0.29) is 24.3 Å². The second kappa shape index (κ2) is 6.99. The quantitative estimate of drug-likeness (QED) is 0.719. The third-order valence-electron chi connectivity index (χ3n) is 5.95. The predicted molar refractivity (Wildman–Crippen MR) is 106 cm³/mol. The van der Waals surface area contributed by atoms with Gasteiger partial charge in [-0.3, -0.25) is 19.3 Å². The van der Waals surface area contributed by atoms with Gasteiger partial charge in [-0.2, -0.15) is 10.2 Å². The summed E-state index contributed by atoms with van der Waals surface area (Å²) in [7, 11) is 0. The average Bonchev–Trinajstić information content (AvgIpc) is 3.41. The van der Waals surface area contributed by atoms with E-state index < -0.39 is 11.3 Å². The van der Waals surface area contributed by atoms with Gasteiger partial charge in [-0.1, -0.05) is 12.1 Å². The van der Waals surface area contributed by atoms with Gasteiger partial charge in [-0.25, -0.2) is 0 Å². The number of hydrogen-bond acceptors (Lipinski definition) is 5. The summed E-state index contributed by atoms with van der Waals surface area (Å²) in [5.41, 5.74) is -0.238. The van der Waals surface area contributed by atoms with Crippen LogP contribution in [-0.4, -0.2) is 47.0 Å². The van der Waals surface area contributed by atoms with Crippen LogP contribution in [0.4, 0.5) is 5.69 Å². The van der Waals surface area contributed by atoms with E-state index in [1.807, 2.05) is 13.0 Å². The molecule has 8 heteroatoms. The number of terminal acetylenes is 1. The Bertz CT molecular complexity index is 944. The zero-order chi connectivity index (χ0) is 20.6. The third kappa shape index (κ3) is 3.27. The monoisotopic (exact) mass is 393 g/mol. The van der Waals surface area contributed by atoms with Gasteiger partial charge in [0.1, 0.15) is 12.2 Å². The molecule has 0 radical (unpaired) electrons. The molecule has 8 nitrogen and oxygen atoms in total. The molecule has 150 valence electrons. The van der Waals surface area contributed by atoms with Crippen molar-refractivity contribution in [2.45, 2.75) is 50.4 Å². The van der Waals surface area contributed by atoms with Crippen molar-refractivity contribution < 1.29 is 14.4 Å². The van der Waals surface area contributed by atoms with Crippen molar-refractivity contribution in [2.75, 3.05) is 18.0 Å². The van der Waals surface area contributed by atoms with Crippen molar-refractivity contribution in [1.82, 2.24) is 10.2 Å². The lowest BCUT2D eigenvalue weighted by atomic mass is 9.98. The summed E-state index contributed by atoms with van der Waals surface area (Å²) in [6.07, 6.45) is 7.97. The van der Waals surface area contributed by atoms with Gasteiger partial charge in [0, 0.05) is 32.2 Å². The first-order chi connectivity index (χ1) is 13.9. The number of rotatable bonds is 7. The van der Waals surface area contributed by atoms with Crippen molar-refractivity contribution in [3.63, 3.8) is 0 Å². The lowest BCUT2D eigenvalue weighted by molar-refractivity contribution is -0.124. The second-order valence-electron chi connectivity index (χ2n) is 7.84. The molecule has 29 heavy (non-hydrogen) atoms. The van der Waals surface area contributed by atoms with Crippen LogP contribution in [-0.2, 0) is 9.59 Å². The topological polar surface area (TPSA) is 94.4 Å². The van der Waals surface area contributed by atoms with Crippen molar-refractivity contribution in [2.24, 2.45) is 10.2 Å². The summed E-state index contributed by atoms with van der Waals surface area (Å²) in [6, 6.07) is 7.05. The van der Waals surface area contributed by atoms with Crippen molar-refractivity contribution >= 4 is 23.4 Å². The fraction of sp³-hybridized carbons (Fsp3) is 0.476. The number of nitrogens with one attached hydrogen (secondary N) is 1. The van der Waals surface area contributed by atoms with Crippen LogP contribution < -0.4 is 10.2 Å². The highest BCUT2D eigenvalue weighted by Crippen LogP contribution is 2.43. The van der Waals surface area contributed by atoms with E-state index in [1.54, 1.807) is 23.1 Å². The predicted octanol–water partition coefficient (Wildman–Crippen LogP) is 2.07. The number of carbonyl (C=O) groups is 3. The molecule has 3 amide bonds. The molecule has 0 spiro atoms. The number of para-hydroxylation sites is 1. The fourth-order valence-corrected chi connectivity index (χ4v) is 4.21. The molecule has 0 aromatic heterocycles. The van der Waals surface area contributed by atoms with Gasteiger partial charge in [0.2, 0.25) is 11.8 Å². The van der Waals surface area contributed by atoms with Gasteiger partial charge in [-0.05, 0) is 25.5 Å². The normalized spacial score (nSPS) is 23.4. The van der Waals surface area contributed by atoms with Gasteiger partial charge < -0.3 is 10.2 Å². The lowest BCUT2D eigenvalue weighted by Gasteiger charge is -2.48. The Kier molecular flexibility index (Phi) is 4.61. The number of carbonyl (C=O) groups excluding carboxylic acids is 3. The maximum Gasteiger partial charge on any atom is 0.258 e.